The van der Waals surface area contributed by atoms with E-state index < -0.39 is 9.84 Å². The van der Waals surface area contributed by atoms with Crippen molar-refractivity contribution in [3.05, 3.63) is 54.1 Å². The Morgan fingerprint density at radius 3 is 1.70 bits per heavy atom. The fraction of sp³-hybridized carbons (Fsp3) is 0.250. The lowest BCUT2D eigenvalue weighted by molar-refractivity contribution is 0.482. The molecule has 0 radical (unpaired) electrons. The van der Waals surface area contributed by atoms with Crippen LogP contribution in [-0.2, 0) is 9.84 Å². The van der Waals surface area contributed by atoms with Crippen molar-refractivity contribution in [3.63, 3.8) is 0 Å². The predicted molar refractivity (Wildman–Crippen MR) is 80.2 cm³/mol. The zero-order valence-corrected chi connectivity index (χ0v) is 12.6. The molecule has 0 atom stereocenters. The lowest BCUT2D eigenvalue weighted by Gasteiger charge is -2.09. The predicted octanol–water partition coefficient (Wildman–Crippen LogP) is 4.01. The van der Waals surface area contributed by atoms with Crippen LogP contribution in [0.1, 0.15) is 25.3 Å². The van der Waals surface area contributed by atoms with Crippen LogP contribution in [0.25, 0.3) is 0 Å². The third-order valence-corrected chi connectivity index (χ3v) is 4.16. The molecule has 0 saturated heterocycles. The minimum Gasteiger partial charge on any atom is -0.457 e. The molecule has 0 bridgehead atoms. The number of benzene rings is 2. The molecule has 20 heavy (non-hydrogen) atoms. The molecule has 106 valence electrons. The van der Waals surface area contributed by atoms with Gasteiger partial charge in [0.25, 0.3) is 0 Å². The van der Waals surface area contributed by atoms with Crippen molar-refractivity contribution in [2.75, 3.05) is 6.26 Å². The molecule has 4 heteroatoms. The Kier molecular flexibility index (Phi) is 4.14. The van der Waals surface area contributed by atoms with E-state index in [0.29, 0.717) is 16.6 Å². The summed E-state index contributed by atoms with van der Waals surface area (Å²) in [4.78, 5) is 0.292. The van der Waals surface area contributed by atoms with Gasteiger partial charge in [-0.3, -0.25) is 0 Å². The molecule has 2 aromatic carbocycles. The van der Waals surface area contributed by atoms with Crippen molar-refractivity contribution < 1.29 is 13.2 Å². The van der Waals surface area contributed by atoms with E-state index in [0.717, 1.165) is 5.75 Å². The maximum atomic E-state index is 11.4. The van der Waals surface area contributed by atoms with Crippen LogP contribution in [0.5, 0.6) is 11.5 Å². The van der Waals surface area contributed by atoms with Crippen LogP contribution >= 0.6 is 0 Å². The smallest absolute Gasteiger partial charge is 0.175 e. The molecule has 0 fully saturated rings. The number of sulfone groups is 1. The summed E-state index contributed by atoms with van der Waals surface area (Å²) in [6.07, 6.45) is 1.19. The third-order valence-electron chi connectivity index (χ3n) is 3.03. The highest BCUT2D eigenvalue weighted by Crippen LogP contribution is 2.24. The quantitative estimate of drug-likeness (QED) is 0.854. The first-order valence-electron chi connectivity index (χ1n) is 6.44. The van der Waals surface area contributed by atoms with Gasteiger partial charge in [0.15, 0.2) is 9.84 Å². The van der Waals surface area contributed by atoms with Gasteiger partial charge in [0.05, 0.1) is 4.90 Å². The van der Waals surface area contributed by atoms with Crippen molar-refractivity contribution in [2.24, 2.45) is 0 Å². The first kappa shape index (κ1) is 14.6. The van der Waals surface area contributed by atoms with Gasteiger partial charge in [-0.1, -0.05) is 26.0 Å². The minimum atomic E-state index is -3.16. The van der Waals surface area contributed by atoms with E-state index in [1.165, 1.54) is 11.8 Å². The number of hydrogen-bond acceptors (Lipinski definition) is 3. The lowest BCUT2D eigenvalue weighted by atomic mass is 10.0. The van der Waals surface area contributed by atoms with Crippen LogP contribution in [0.15, 0.2) is 53.4 Å². The molecule has 0 amide bonds. The molecule has 2 rings (SSSR count). The Hall–Kier alpha value is -1.81. The van der Waals surface area contributed by atoms with Gasteiger partial charge in [-0.15, -0.1) is 0 Å². The monoisotopic (exact) mass is 290 g/mol. The van der Waals surface area contributed by atoms with Gasteiger partial charge in [0, 0.05) is 6.26 Å². The van der Waals surface area contributed by atoms with Gasteiger partial charge in [-0.2, -0.15) is 0 Å². The van der Waals surface area contributed by atoms with Crippen LogP contribution in [0.3, 0.4) is 0 Å². The minimum absolute atomic E-state index is 0.292. The van der Waals surface area contributed by atoms with E-state index in [1.807, 2.05) is 24.3 Å². The molecular weight excluding hydrogens is 272 g/mol. The lowest BCUT2D eigenvalue weighted by Crippen LogP contribution is -1.96. The van der Waals surface area contributed by atoms with Gasteiger partial charge >= 0.3 is 0 Å². The van der Waals surface area contributed by atoms with Crippen molar-refractivity contribution in [2.45, 2.75) is 24.7 Å². The van der Waals surface area contributed by atoms with E-state index in [4.69, 9.17) is 4.74 Å². The van der Waals surface area contributed by atoms with Crippen molar-refractivity contribution in [1.82, 2.24) is 0 Å². The van der Waals surface area contributed by atoms with Gasteiger partial charge in [-0.05, 0) is 47.9 Å². The summed E-state index contributed by atoms with van der Waals surface area (Å²) in [7, 11) is -3.16. The second-order valence-corrected chi connectivity index (χ2v) is 7.09. The van der Waals surface area contributed by atoms with Gasteiger partial charge in [0.1, 0.15) is 11.5 Å². The fourth-order valence-corrected chi connectivity index (χ4v) is 2.44. The number of hydrogen-bond donors (Lipinski definition) is 0. The maximum absolute atomic E-state index is 11.4. The van der Waals surface area contributed by atoms with Crippen LogP contribution in [0.4, 0.5) is 0 Å². The Morgan fingerprint density at radius 1 is 0.850 bits per heavy atom. The fourth-order valence-electron chi connectivity index (χ4n) is 1.81. The molecule has 2 aromatic rings. The number of ether oxygens (including phenoxy) is 1. The summed E-state index contributed by atoms with van der Waals surface area (Å²) in [5.41, 5.74) is 1.25. The van der Waals surface area contributed by atoms with Crippen molar-refractivity contribution in [1.29, 1.82) is 0 Å². The van der Waals surface area contributed by atoms with Crippen LogP contribution in [0, 0.1) is 0 Å². The molecule has 0 N–H and O–H groups in total. The highest BCUT2D eigenvalue weighted by molar-refractivity contribution is 7.90. The number of rotatable bonds is 4. The molecule has 0 aliphatic rings. The van der Waals surface area contributed by atoms with E-state index >= 15 is 0 Å². The molecule has 3 nitrogen and oxygen atoms in total. The SMILES string of the molecule is CC(C)c1ccc(Oc2ccc(S(C)(=O)=O)cc2)cc1. The second kappa shape index (κ2) is 5.67. The first-order chi connectivity index (χ1) is 9.36. The van der Waals surface area contributed by atoms with Gasteiger partial charge in [0.2, 0.25) is 0 Å². The molecule has 0 aliphatic carbocycles. The topological polar surface area (TPSA) is 43.4 Å². The third kappa shape index (κ3) is 3.61. The van der Waals surface area contributed by atoms with E-state index in [2.05, 4.69) is 13.8 Å². The summed E-state index contributed by atoms with van der Waals surface area (Å²) in [5.74, 6) is 1.84. The summed E-state index contributed by atoms with van der Waals surface area (Å²) >= 11 is 0. The molecule has 0 heterocycles. The van der Waals surface area contributed by atoms with Crippen LogP contribution in [-0.4, -0.2) is 14.7 Å². The summed E-state index contributed by atoms with van der Waals surface area (Å²) in [6, 6.07) is 14.3. The van der Waals surface area contributed by atoms with Crippen LogP contribution in [0.2, 0.25) is 0 Å². The molecule has 0 spiro atoms. The first-order valence-corrected chi connectivity index (χ1v) is 8.33. The Labute approximate surface area is 120 Å². The average molecular weight is 290 g/mol. The zero-order valence-electron chi connectivity index (χ0n) is 11.8. The molecule has 0 unspecified atom stereocenters. The highest BCUT2D eigenvalue weighted by Gasteiger charge is 2.07. The van der Waals surface area contributed by atoms with E-state index in [9.17, 15) is 8.42 Å². The summed E-state index contributed by atoms with van der Waals surface area (Å²) in [6.45, 7) is 4.28. The maximum Gasteiger partial charge on any atom is 0.175 e. The van der Waals surface area contributed by atoms with E-state index in [-0.39, 0.29) is 0 Å². The zero-order chi connectivity index (χ0) is 14.8. The largest absolute Gasteiger partial charge is 0.457 e. The van der Waals surface area contributed by atoms with Gasteiger partial charge < -0.3 is 4.74 Å². The molecule has 0 aliphatic heterocycles. The van der Waals surface area contributed by atoms with Crippen LogP contribution < -0.4 is 4.74 Å². The average Bonchev–Trinajstić information content (AvgIpc) is 2.39. The normalized spacial score (nSPS) is 11.6. The summed E-state index contributed by atoms with van der Waals surface area (Å²) < 4.78 is 28.4. The van der Waals surface area contributed by atoms with E-state index in [1.54, 1.807) is 24.3 Å². The standard InChI is InChI=1S/C16H18O3S/c1-12(2)13-4-6-14(7-5-13)19-15-8-10-16(11-9-15)20(3,17)18/h4-12H,1-3H3. The molecule has 0 saturated carbocycles. The second-order valence-electron chi connectivity index (χ2n) is 5.07. The Balaban J connectivity index is 2.14. The molecular formula is C16H18O3S. The van der Waals surface area contributed by atoms with Gasteiger partial charge in [-0.25, -0.2) is 8.42 Å². The highest BCUT2D eigenvalue weighted by atomic mass is 32.2. The Bertz CT molecular complexity index is 669. The molecule has 0 aromatic heterocycles. The summed E-state index contributed by atoms with van der Waals surface area (Å²) in [5, 5.41) is 0. The van der Waals surface area contributed by atoms with Crippen molar-refractivity contribution in [3.8, 4) is 11.5 Å². The Morgan fingerprint density at radius 2 is 1.30 bits per heavy atom. The van der Waals surface area contributed by atoms with Crippen molar-refractivity contribution >= 4 is 9.84 Å².